The van der Waals surface area contributed by atoms with Gasteiger partial charge in [-0.05, 0) is 48.9 Å². The zero-order valence-corrected chi connectivity index (χ0v) is 14.8. The summed E-state index contributed by atoms with van der Waals surface area (Å²) in [7, 11) is -3.94. The van der Waals surface area contributed by atoms with E-state index in [9.17, 15) is 17.6 Å². The van der Waals surface area contributed by atoms with E-state index in [1.807, 2.05) is 0 Å². The molecule has 0 unspecified atom stereocenters. The summed E-state index contributed by atoms with van der Waals surface area (Å²) in [6, 6.07) is 7.73. The summed E-state index contributed by atoms with van der Waals surface area (Å²) in [4.78, 5) is 11.8. The molecule has 0 radical (unpaired) electrons. The highest BCUT2D eigenvalue weighted by Crippen LogP contribution is 2.22. The molecule has 0 spiro atoms. The van der Waals surface area contributed by atoms with Gasteiger partial charge in [-0.1, -0.05) is 23.2 Å². The lowest BCUT2D eigenvalue weighted by atomic mass is 10.2. The largest absolute Gasteiger partial charge is 0.325 e. The lowest BCUT2D eigenvalue weighted by Gasteiger charge is -2.10. The first-order valence-electron chi connectivity index (χ1n) is 6.69. The number of aryl methyl sites for hydroxylation is 1. The molecule has 24 heavy (non-hydrogen) atoms. The van der Waals surface area contributed by atoms with Gasteiger partial charge in [0, 0.05) is 15.7 Å². The third-order valence-electron chi connectivity index (χ3n) is 3.00. The Labute approximate surface area is 148 Å². The molecule has 0 saturated carbocycles. The van der Waals surface area contributed by atoms with Crippen molar-refractivity contribution in [3.8, 4) is 0 Å². The van der Waals surface area contributed by atoms with Crippen molar-refractivity contribution in [3.05, 3.63) is 57.8 Å². The van der Waals surface area contributed by atoms with E-state index in [-0.39, 0.29) is 10.5 Å². The second-order valence-corrected chi connectivity index (χ2v) is 7.55. The first-order chi connectivity index (χ1) is 11.2. The number of anilines is 1. The Kier molecular flexibility index (Phi) is 5.82. The summed E-state index contributed by atoms with van der Waals surface area (Å²) >= 11 is 11.6. The molecule has 0 aliphatic carbocycles. The molecule has 0 saturated heterocycles. The normalized spacial score (nSPS) is 11.3. The number of hydrogen-bond acceptors (Lipinski definition) is 3. The summed E-state index contributed by atoms with van der Waals surface area (Å²) in [5.41, 5.74) is 0.583. The smallest absolute Gasteiger partial charge is 0.241 e. The van der Waals surface area contributed by atoms with Gasteiger partial charge in [-0.3, -0.25) is 4.79 Å². The maximum absolute atomic E-state index is 13.1. The molecule has 0 aliphatic rings. The van der Waals surface area contributed by atoms with Crippen LogP contribution in [0.25, 0.3) is 0 Å². The molecule has 2 aromatic rings. The van der Waals surface area contributed by atoms with Gasteiger partial charge in [-0.2, -0.15) is 0 Å². The molecule has 0 aliphatic heterocycles. The van der Waals surface area contributed by atoms with E-state index in [1.54, 1.807) is 0 Å². The van der Waals surface area contributed by atoms with Crippen molar-refractivity contribution in [2.24, 2.45) is 0 Å². The van der Waals surface area contributed by atoms with Gasteiger partial charge in [0.15, 0.2) is 0 Å². The SMILES string of the molecule is Cc1cc(F)ccc1S(=O)(=O)NCC(=O)Nc1cc(Cl)cc(Cl)c1. The minimum atomic E-state index is -3.94. The number of sulfonamides is 1. The van der Waals surface area contributed by atoms with E-state index in [0.29, 0.717) is 15.7 Å². The van der Waals surface area contributed by atoms with Gasteiger partial charge in [-0.15, -0.1) is 0 Å². The van der Waals surface area contributed by atoms with Crippen molar-refractivity contribution in [3.63, 3.8) is 0 Å². The van der Waals surface area contributed by atoms with Crippen LogP contribution in [-0.2, 0) is 14.8 Å². The predicted molar refractivity (Wildman–Crippen MR) is 91.4 cm³/mol. The van der Waals surface area contributed by atoms with Crippen molar-refractivity contribution in [2.45, 2.75) is 11.8 Å². The molecule has 128 valence electrons. The summed E-state index contributed by atoms with van der Waals surface area (Å²) < 4.78 is 39.6. The van der Waals surface area contributed by atoms with E-state index in [0.717, 1.165) is 18.2 Å². The maximum atomic E-state index is 13.1. The third kappa shape index (κ3) is 4.91. The molecule has 2 N–H and O–H groups in total. The molecule has 2 rings (SSSR count). The number of amides is 1. The van der Waals surface area contributed by atoms with Gasteiger partial charge < -0.3 is 5.32 Å². The Bertz CT molecular complexity index is 868. The van der Waals surface area contributed by atoms with Gasteiger partial charge in [0.2, 0.25) is 15.9 Å². The monoisotopic (exact) mass is 390 g/mol. The number of carbonyl (C=O) groups excluding carboxylic acids is 1. The fourth-order valence-corrected chi connectivity index (χ4v) is 3.72. The van der Waals surface area contributed by atoms with Crippen LogP contribution >= 0.6 is 23.2 Å². The van der Waals surface area contributed by atoms with Crippen LogP contribution in [0.15, 0.2) is 41.3 Å². The summed E-state index contributed by atoms with van der Waals surface area (Å²) in [6.45, 7) is 0.967. The number of carbonyl (C=O) groups is 1. The van der Waals surface area contributed by atoms with Crippen molar-refractivity contribution in [1.29, 1.82) is 0 Å². The van der Waals surface area contributed by atoms with Gasteiger partial charge in [0.05, 0.1) is 11.4 Å². The van der Waals surface area contributed by atoms with E-state index in [4.69, 9.17) is 23.2 Å². The van der Waals surface area contributed by atoms with Crippen LogP contribution in [0, 0.1) is 12.7 Å². The highest BCUT2D eigenvalue weighted by Gasteiger charge is 2.18. The minimum Gasteiger partial charge on any atom is -0.325 e. The Morgan fingerprint density at radius 3 is 2.33 bits per heavy atom. The molecule has 1 amide bonds. The van der Waals surface area contributed by atoms with Crippen molar-refractivity contribution >= 4 is 44.8 Å². The molecule has 0 fully saturated rings. The fourth-order valence-electron chi connectivity index (χ4n) is 1.98. The summed E-state index contributed by atoms with van der Waals surface area (Å²) in [5.74, 6) is -1.14. The molecule has 0 aromatic heterocycles. The van der Waals surface area contributed by atoms with E-state index in [1.165, 1.54) is 25.1 Å². The van der Waals surface area contributed by atoms with Crippen LogP contribution in [0.3, 0.4) is 0 Å². The van der Waals surface area contributed by atoms with Crippen molar-refractivity contribution in [1.82, 2.24) is 4.72 Å². The fraction of sp³-hybridized carbons (Fsp3) is 0.133. The van der Waals surface area contributed by atoms with E-state index < -0.39 is 28.3 Å². The number of nitrogens with one attached hydrogen (secondary N) is 2. The lowest BCUT2D eigenvalue weighted by Crippen LogP contribution is -2.33. The number of halogens is 3. The Morgan fingerprint density at radius 2 is 1.75 bits per heavy atom. The first-order valence-corrected chi connectivity index (χ1v) is 8.93. The molecule has 0 heterocycles. The molecule has 5 nitrogen and oxygen atoms in total. The number of benzene rings is 2. The highest BCUT2D eigenvalue weighted by atomic mass is 35.5. The molecular weight excluding hydrogens is 378 g/mol. The second-order valence-electron chi connectivity index (χ2n) is 4.94. The molecule has 9 heteroatoms. The van der Waals surface area contributed by atoms with Crippen molar-refractivity contribution < 1.29 is 17.6 Å². The van der Waals surface area contributed by atoms with Gasteiger partial charge in [0.1, 0.15) is 5.82 Å². The predicted octanol–water partition coefficient (Wildman–Crippen LogP) is 3.36. The number of rotatable bonds is 5. The summed E-state index contributed by atoms with van der Waals surface area (Å²) in [5, 5.41) is 3.14. The van der Waals surface area contributed by atoms with Crippen LogP contribution in [0.5, 0.6) is 0 Å². The lowest BCUT2D eigenvalue weighted by molar-refractivity contribution is -0.115. The van der Waals surface area contributed by atoms with Crippen LogP contribution in [0.4, 0.5) is 10.1 Å². The zero-order valence-electron chi connectivity index (χ0n) is 12.4. The Hall–Kier alpha value is -1.67. The average Bonchev–Trinajstić information content (AvgIpc) is 2.43. The average molecular weight is 391 g/mol. The quantitative estimate of drug-likeness (QED) is 0.821. The first kappa shape index (κ1) is 18.7. The topological polar surface area (TPSA) is 75.3 Å². The summed E-state index contributed by atoms with van der Waals surface area (Å²) in [6.07, 6.45) is 0. The van der Waals surface area contributed by atoms with Crippen LogP contribution in [-0.4, -0.2) is 20.9 Å². The van der Waals surface area contributed by atoms with Gasteiger partial charge >= 0.3 is 0 Å². The number of hydrogen-bond donors (Lipinski definition) is 2. The standard InChI is InChI=1S/C15H13Cl2FN2O3S/c1-9-4-12(18)2-3-14(9)24(22,23)19-8-15(21)20-13-6-10(16)5-11(17)7-13/h2-7,19H,8H2,1H3,(H,20,21). The highest BCUT2D eigenvalue weighted by molar-refractivity contribution is 7.89. The Balaban J connectivity index is 2.05. The molecule has 2 aromatic carbocycles. The molecule has 0 bridgehead atoms. The Morgan fingerprint density at radius 1 is 1.12 bits per heavy atom. The minimum absolute atomic E-state index is 0.0949. The van der Waals surface area contributed by atoms with Gasteiger partial charge in [0.25, 0.3) is 0 Å². The van der Waals surface area contributed by atoms with E-state index >= 15 is 0 Å². The maximum Gasteiger partial charge on any atom is 0.241 e. The second kappa shape index (κ2) is 7.48. The zero-order chi connectivity index (χ0) is 17.9. The van der Waals surface area contributed by atoms with Gasteiger partial charge in [-0.25, -0.2) is 17.5 Å². The van der Waals surface area contributed by atoms with Crippen molar-refractivity contribution in [2.75, 3.05) is 11.9 Å². The molecular formula is C15H13Cl2FN2O3S. The third-order valence-corrected chi connectivity index (χ3v) is 4.99. The van der Waals surface area contributed by atoms with Crippen LogP contribution < -0.4 is 10.0 Å². The van der Waals surface area contributed by atoms with Crippen LogP contribution in [0.2, 0.25) is 10.0 Å². The molecule has 0 atom stereocenters. The van der Waals surface area contributed by atoms with E-state index in [2.05, 4.69) is 10.0 Å². The van der Waals surface area contributed by atoms with Crippen LogP contribution in [0.1, 0.15) is 5.56 Å².